The average molecular weight is 291 g/mol. The predicted molar refractivity (Wildman–Crippen MR) is 83.9 cm³/mol. The molecule has 1 aromatic heterocycles. The summed E-state index contributed by atoms with van der Waals surface area (Å²) in [7, 11) is 0. The second kappa shape index (κ2) is 7.94. The number of benzene rings is 1. The number of thioether (sulfide) groups is 1. The average Bonchev–Trinajstić information content (AvgIpc) is 2.87. The largest absolute Gasteiger partial charge is 0.385 e. The quantitative estimate of drug-likeness (QED) is 0.805. The summed E-state index contributed by atoms with van der Waals surface area (Å²) in [5, 5.41) is 7.33. The van der Waals surface area contributed by atoms with Gasteiger partial charge in [0.15, 0.2) is 5.82 Å². The van der Waals surface area contributed by atoms with Gasteiger partial charge < -0.3 is 9.84 Å². The van der Waals surface area contributed by atoms with Crippen molar-refractivity contribution in [2.45, 2.75) is 26.0 Å². The van der Waals surface area contributed by atoms with Crippen molar-refractivity contribution in [3.05, 3.63) is 42.0 Å². The highest BCUT2D eigenvalue weighted by molar-refractivity contribution is 7.98. The monoisotopic (exact) mass is 291 g/mol. The van der Waals surface area contributed by atoms with E-state index in [1.165, 1.54) is 0 Å². The maximum atomic E-state index is 5.25. The van der Waals surface area contributed by atoms with Gasteiger partial charge in [-0.3, -0.25) is 0 Å². The van der Waals surface area contributed by atoms with Crippen LogP contribution in [0.1, 0.15) is 25.6 Å². The van der Waals surface area contributed by atoms with E-state index in [4.69, 9.17) is 4.52 Å². The van der Waals surface area contributed by atoms with Crippen LogP contribution in [0.2, 0.25) is 0 Å². The van der Waals surface area contributed by atoms with Crippen LogP contribution in [0.5, 0.6) is 0 Å². The summed E-state index contributed by atoms with van der Waals surface area (Å²) >= 11 is 1.85. The molecule has 1 N–H and O–H groups in total. The number of rotatable bonds is 8. The van der Waals surface area contributed by atoms with Gasteiger partial charge in [0.25, 0.3) is 0 Å². The van der Waals surface area contributed by atoms with Crippen LogP contribution in [0.25, 0.3) is 0 Å². The van der Waals surface area contributed by atoms with Gasteiger partial charge in [-0.25, -0.2) is 0 Å². The van der Waals surface area contributed by atoms with Crippen molar-refractivity contribution >= 4 is 17.4 Å². The molecule has 4 nitrogen and oxygen atoms in total. The lowest BCUT2D eigenvalue weighted by Gasteiger charge is -2.03. The Morgan fingerprint density at radius 1 is 1.25 bits per heavy atom. The summed E-state index contributed by atoms with van der Waals surface area (Å²) in [5.41, 5.74) is 1.11. The number of nitrogens with one attached hydrogen (secondary N) is 1. The molecule has 0 aliphatic heterocycles. The predicted octanol–water partition coefficient (Wildman–Crippen LogP) is 3.61. The lowest BCUT2D eigenvalue weighted by molar-refractivity contribution is 0.376. The van der Waals surface area contributed by atoms with E-state index >= 15 is 0 Å². The molecule has 2 aromatic rings. The first-order valence-electron chi connectivity index (χ1n) is 6.92. The van der Waals surface area contributed by atoms with E-state index in [1.807, 2.05) is 42.1 Å². The van der Waals surface area contributed by atoms with E-state index in [0.29, 0.717) is 11.8 Å². The Kier molecular flexibility index (Phi) is 5.92. The van der Waals surface area contributed by atoms with Crippen LogP contribution in [-0.2, 0) is 12.2 Å². The summed E-state index contributed by atoms with van der Waals surface area (Å²) < 4.78 is 5.25. The van der Waals surface area contributed by atoms with Gasteiger partial charge >= 0.3 is 0 Å². The van der Waals surface area contributed by atoms with Crippen molar-refractivity contribution in [2.24, 2.45) is 5.92 Å². The topological polar surface area (TPSA) is 51.0 Å². The molecule has 1 heterocycles. The lowest BCUT2D eigenvalue weighted by atomic mass is 10.3. The molecule has 0 aliphatic rings. The number of hydrogen-bond donors (Lipinski definition) is 1. The van der Waals surface area contributed by atoms with Gasteiger partial charge in [0.2, 0.25) is 5.89 Å². The van der Waals surface area contributed by atoms with Crippen LogP contribution in [-0.4, -0.2) is 22.4 Å². The molecule has 0 saturated heterocycles. The molecule has 0 spiro atoms. The number of hydrogen-bond acceptors (Lipinski definition) is 5. The Morgan fingerprint density at radius 2 is 2.05 bits per heavy atom. The van der Waals surface area contributed by atoms with Crippen molar-refractivity contribution < 1.29 is 4.52 Å². The molecule has 0 radical (unpaired) electrons. The number of anilines is 1. The standard InChI is InChI=1S/C15H21N3OS/c1-12(2)10-20-11-14-17-15(19-18-14)8-9-16-13-6-4-3-5-7-13/h3-7,12,16H,8-11H2,1-2H3. The fourth-order valence-corrected chi connectivity index (χ4v) is 2.60. The van der Waals surface area contributed by atoms with Gasteiger partial charge in [0.05, 0.1) is 5.75 Å². The first kappa shape index (κ1) is 14.9. The summed E-state index contributed by atoms with van der Waals surface area (Å²) in [6.07, 6.45) is 0.747. The molecule has 0 unspecified atom stereocenters. The highest BCUT2D eigenvalue weighted by atomic mass is 32.2. The normalized spacial score (nSPS) is 10.9. The van der Waals surface area contributed by atoms with E-state index in [0.717, 1.165) is 36.0 Å². The second-order valence-electron chi connectivity index (χ2n) is 5.06. The maximum absolute atomic E-state index is 5.25. The Balaban J connectivity index is 1.70. The van der Waals surface area contributed by atoms with E-state index in [2.05, 4.69) is 29.3 Å². The number of nitrogens with zero attached hydrogens (tertiary/aromatic N) is 2. The maximum Gasteiger partial charge on any atom is 0.228 e. The van der Waals surface area contributed by atoms with Crippen LogP contribution >= 0.6 is 11.8 Å². The Labute approximate surface area is 124 Å². The van der Waals surface area contributed by atoms with Crippen molar-refractivity contribution in [3.8, 4) is 0 Å². The first-order chi connectivity index (χ1) is 9.74. The molecule has 1 aromatic carbocycles. The van der Waals surface area contributed by atoms with Crippen LogP contribution in [0, 0.1) is 5.92 Å². The third-order valence-corrected chi connectivity index (χ3v) is 4.00. The zero-order valence-electron chi connectivity index (χ0n) is 12.0. The van der Waals surface area contributed by atoms with Crippen LogP contribution < -0.4 is 5.32 Å². The molecule has 0 fully saturated rings. The van der Waals surface area contributed by atoms with Crippen molar-refractivity contribution in [3.63, 3.8) is 0 Å². The highest BCUT2D eigenvalue weighted by Crippen LogP contribution is 2.13. The minimum Gasteiger partial charge on any atom is -0.385 e. The number of para-hydroxylation sites is 1. The summed E-state index contributed by atoms with van der Waals surface area (Å²) in [4.78, 5) is 4.40. The molecule has 0 atom stereocenters. The van der Waals surface area contributed by atoms with Gasteiger partial charge in [-0.1, -0.05) is 37.2 Å². The van der Waals surface area contributed by atoms with Gasteiger partial charge in [0, 0.05) is 18.7 Å². The van der Waals surface area contributed by atoms with Crippen molar-refractivity contribution in [2.75, 3.05) is 17.6 Å². The molecular weight excluding hydrogens is 270 g/mol. The molecule has 0 aliphatic carbocycles. The van der Waals surface area contributed by atoms with Gasteiger partial charge in [-0.05, 0) is 23.8 Å². The Bertz CT molecular complexity index is 499. The van der Waals surface area contributed by atoms with Crippen LogP contribution in [0.3, 0.4) is 0 Å². The minimum absolute atomic E-state index is 0.696. The molecule has 0 bridgehead atoms. The van der Waals surface area contributed by atoms with E-state index in [9.17, 15) is 0 Å². The number of aromatic nitrogens is 2. The summed E-state index contributed by atoms with van der Waals surface area (Å²) in [6.45, 7) is 5.22. The van der Waals surface area contributed by atoms with Gasteiger partial charge in [0.1, 0.15) is 0 Å². The Morgan fingerprint density at radius 3 is 2.80 bits per heavy atom. The van der Waals surface area contributed by atoms with E-state index in [-0.39, 0.29) is 0 Å². The minimum atomic E-state index is 0.696. The van der Waals surface area contributed by atoms with Crippen molar-refractivity contribution in [1.29, 1.82) is 0 Å². The fraction of sp³-hybridized carbons (Fsp3) is 0.467. The Hall–Kier alpha value is -1.49. The van der Waals surface area contributed by atoms with Gasteiger partial charge in [-0.2, -0.15) is 16.7 Å². The molecular formula is C15H21N3OS. The molecule has 2 rings (SSSR count). The van der Waals surface area contributed by atoms with Crippen LogP contribution in [0.15, 0.2) is 34.9 Å². The zero-order valence-corrected chi connectivity index (χ0v) is 12.8. The third kappa shape index (κ3) is 5.25. The van der Waals surface area contributed by atoms with Crippen molar-refractivity contribution in [1.82, 2.24) is 10.1 Å². The smallest absolute Gasteiger partial charge is 0.228 e. The second-order valence-corrected chi connectivity index (χ2v) is 6.09. The first-order valence-corrected chi connectivity index (χ1v) is 8.07. The molecule has 0 amide bonds. The van der Waals surface area contributed by atoms with Crippen LogP contribution in [0.4, 0.5) is 5.69 Å². The zero-order chi connectivity index (χ0) is 14.2. The molecule has 5 heteroatoms. The molecule has 20 heavy (non-hydrogen) atoms. The SMILES string of the molecule is CC(C)CSCc1noc(CCNc2ccccc2)n1. The fourth-order valence-electron chi connectivity index (χ4n) is 1.71. The third-order valence-electron chi connectivity index (χ3n) is 2.63. The van der Waals surface area contributed by atoms with E-state index in [1.54, 1.807) is 0 Å². The summed E-state index contributed by atoms with van der Waals surface area (Å²) in [6, 6.07) is 10.1. The molecule has 0 saturated carbocycles. The summed E-state index contributed by atoms with van der Waals surface area (Å²) in [5.74, 6) is 4.15. The lowest BCUT2D eigenvalue weighted by Crippen LogP contribution is -2.04. The van der Waals surface area contributed by atoms with E-state index < -0.39 is 0 Å². The highest BCUT2D eigenvalue weighted by Gasteiger charge is 2.06. The molecule has 108 valence electrons. The van der Waals surface area contributed by atoms with Gasteiger partial charge in [-0.15, -0.1) is 0 Å².